The summed E-state index contributed by atoms with van der Waals surface area (Å²) in [5, 5.41) is 4.85. The van der Waals surface area contributed by atoms with Crippen molar-refractivity contribution >= 4 is 29.7 Å². The molecule has 0 unspecified atom stereocenters. The van der Waals surface area contributed by atoms with Crippen LogP contribution in [-0.4, -0.2) is 29.2 Å². The number of benzene rings is 2. The van der Waals surface area contributed by atoms with Crippen LogP contribution in [-0.2, 0) is 9.53 Å². The van der Waals surface area contributed by atoms with Crippen LogP contribution in [0.25, 0.3) is 0 Å². The van der Waals surface area contributed by atoms with Crippen molar-refractivity contribution in [3.8, 4) is 0 Å². The van der Waals surface area contributed by atoms with Gasteiger partial charge in [-0.1, -0.05) is 42.5 Å². The predicted octanol–water partition coefficient (Wildman–Crippen LogP) is 3.29. The van der Waals surface area contributed by atoms with E-state index < -0.39 is 17.5 Å². The molecule has 0 aromatic heterocycles. The number of urea groups is 1. The minimum absolute atomic E-state index is 0.295. The van der Waals surface area contributed by atoms with Crippen LogP contribution in [0.15, 0.2) is 59.5 Å². The van der Waals surface area contributed by atoms with Crippen molar-refractivity contribution in [2.24, 2.45) is 0 Å². The number of nitrogens with one attached hydrogen (secondary N) is 2. The fourth-order valence-corrected chi connectivity index (χ4v) is 3.81. The average molecular weight is 384 g/mol. The van der Waals surface area contributed by atoms with Gasteiger partial charge >= 0.3 is 12.0 Å². The normalized spacial score (nSPS) is 19.9. The molecule has 3 rings (SSSR count). The van der Waals surface area contributed by atoms with E-state index in [2.05, 4.69) is 10.6 Å². The molecule has 0 saturated carbocycles. The summed E-state index contributed by atoms with van der Waals surface area (Å²) in [4.78, 5) is 36.7. The first-order valence-corrected chi connectivity index (χ1v) is 9.49. The molecule has 1 saturated heterocycles. The Kier molecular flexibility index (Phi) is 5.51. The molecule has 0 bridgehead atoms. The van der Waals surface area contributed by atoms with Crippen LogP contribution in [0.3, 0.4) is 0 Å². The second kappa shape index (κ2) is 7.84. The molecule has 2 aromatic carbocycles. The van der Waals surface area contributed by atoms with Gasteiger partial charge in [0.25, 0.3) is 5.91 Å². The van der Waals surface area contributed by atoms with Gasteiger partial charge in [0.05, 0.1) is 5.56 Å². The average Bonchev–Trinajstić information content (AvgIpc) is 2.93. The summed E-state index contributed by atoms with van der Waals surface area (Å²) in [5.41, 5.74) is 0.322. The Morgan fingerprint density at radius 1 is 1.11 bits per heavy atom. The summed E-state index contributed by atoms with van der Waals surface area (Å²) in [5.74, 6) is -0.513. The van der Waals surface area contributed by atoms with Gasteiger partial charge in [0, 0.05) is 10.6 Å². The molecule has 1 aliphatic rings. The van der Waals surface area contributed by atoms with Gasteiger partial charge < -0.3 is 10.1 Å². The van der Waals surface area contributed by atoms with Crippen molar-refractivity contribution in [3.05, 3.63) is 65.7 Å². The molecule has 2 aromatic rings. The number of carbonyl (C=O) groups is 3. The standard InChI is InChI=1S/C20H20N2O4S/c1-13(14-8-4-3-5-9-14)26-17(23)15-10-6-7-11-16(15)27-12-20(2)18(24)21-19(25)22-20/h3-11,13H,12H2,1-2H3,(H2,21,22,24,25)/t13-,20+/m1/s1. The first-order chi connectivity index (χ1) is 12.9. The van der Waals surface area contributed by atoms with E-state index in [0.29, 0.717) is 16.2 Å². The smallest absolute Gasteiger partial charge is 0.339 e. The zero-order valence-electron chi connectivity index (χ0n) is 15.0. The maximum atomic E-state index is 12.7. The molecule has 1 aliphatic heterocycles. The van der Waals surface area contributed by atoms with Crippen molar-refractivity contribution in [3.63, 3.8) is 0 Å². The van der Waals surface area contributed by atoms with E-state index in [0.717, 1.165) is 5.56 Å². The Morgan fingerprint density at radius 3 is 2.44 bits per heavy atom. The molecule has 3 amide bonds. The van der Waals surface area contributed by atoms with Gasteiger partial charge in [-0.05, 0) is 31.5 Å². The van der Waals surface area contributed by atoms with E-state index in [-0.39, 0.29) is 12.0 Å². The highest BCUT2D eigenvalue weighted by atomic mass is 32.2. The molecular formula is C20H20N2O4S. The number of ether oxygens (including phenoxy) is 1. The molecule has 2 N–H and O–H groups in total. The highest BCUT2D eigenvalue weighted by molar-refractivity contribution is 7.99. The van der Waals surface area contributed by atoms with Crippen LogP contribution in [0.2, 0.25) is 0 Å². The zero-order valence-corrected chi connectivity index (χ0v) is 15.8. The van der Waals surface area contributed by atoms with Gasteiger partial charge in [0.15, 0.2) is 0 Å². The zero-order chi connectivity index (χ0) is 19.4. The van der Waals surface area contributed by atoms with E-state index in [1.54, 1.807) is 25.1 Å². The number of amides is 3. The largest absolute Gasteiger partial charge is 0.454 e. The second-order valence-electron chi connectivity index (χ2n) is 6.48. The van der Waals surface area contributed by atoms with E-state index in [1.807, 2.05) is 43.3 Å². The number of carbonyl (C=O) groups excluding carboxylic acids is 3. The summed E-state index contributed by atoms with van der Waals surface area (Å²) in [7, 11) is 0. The van der Waals surface area contributed by atoms with Gasteiger partial charge in [-0.15, -0.1) is 11.8 Å². The number of esters is 1. The third-order valence-electron chi connectivity index (χ3n) is 4.29. The Morgan fingerprint density at radius 2 is 1.78 bits per heavy atom. The SMILES string of the molecule is C[C@@H](OC(=O)c1ccccc1SC[C@]1(C)NC(=O)NC1=O)c1ccccc1. The Balaban J connectivity index is 1.71. The molecule has 1 heterocycles. The maximum absolute atomic E-state index is 12.7. The van der Waals surface area contributed by atoms with Crippen LogP contribution < -0.4 is 10.6 Å². The number of thioether (sulfide) groups is 1. The molecule has 7 heteroatoms. The van der Waals surface area contributed by atoms with E-state index >= 15 is 0 Å². The summed E-state index contributed by atoms with van der Waals surface area (Å²) in [6.07, 6.45) is -0.380. The van der Waals surface area contributed by atoms with Gasteiger partial charge in [-0.3, -0.25) is 10.1 Å². The summed E-state index contributed by atoms with van der Waals surface area (Å²) < 4.78 is 5.60. The van der Waals surface area contributed by atoms with Gasteiger partial charge in [-0.25, -0.2) is 9.59 Å². The lowest BCUT2D eigenvalue weighted by Gasteiger charge is -2.20. The monoisotopic (exact) mass is 384 g/mol. The third-order valence-corrected chi connectivity index (χ3v) is 5.68. The molecule has 27 heavy (non-hydrogen) atoms. The Hall–Kier alpha value is -2.80. The van der Waals surface area contributed by atoms with Gasteiger partial charge in [0.2, 0.25) is 0 Å². The summed E-state index contributed by atoms with van der Waals surface area (Å²) in [6, 6.07) is 16.1. The number of imide groups is 1. The molecule has 0 radical (unpaired) electrons. The minimum Gasteiger partial charge on any atom is -0.454 e. The number of hydrogen-bond donors (Lipinski definition) is 2. The maximum Gasteiger partial charge on any atom is 0.339 e. The minimum atomic E-state index is -1.02. The van der Waals surface area contributed by atoms with Crippen molar-refractivity contribution < 1.29 is 19.1 Å². The molecular weight excluding hydrogens is 364 g/mol. The molecule has 1 fully saturated rings. The van der Waals surface area contributed by atoms with E-state index in [4.69, 9.17) is 4.74 Å². The Bertz CT molecular complexity index is 871. The number of hydrogen-bond acceptors (Lipinski definition) is 5. The predicted molar refractivity (Wildman–Crippen MR) is 103 cm³/mol. The quantitative estimate of drug-likeness (QED) is 0.454. The van der Waals surface area contributed by atoms with E-state index in [1.165, 1.54) is 11.8 Å². The van der Waals surface area contributed by atoms with Crippen LogP contribution in [0, 0.1) is 0 Å². The van der Waals surface area contributed by atoms with Crippen LogP contribution >= 0.6 is 11.8 Å². The topological polar surface area (TPSA) is 84.5 Å². The summed E-state index contributed by atoms with van der Waals surface area (Å²) >= 11 is 1.32. The van der Waals surface area contributed by atoms with Crippen molar-refractivity contribution in [2.45, 2.75) is 30.4 Å². The molecule has 0 spiro atoms. The Labute approximate surface area is 161 Å². The number of rotatable bonds is 6. The van der Waals surface area contributed by atoms with Crippen LogP contribution in [0.1, 0.15) is 35.9 Å². The third kappa shape index (κ3) is 4.31. The van der Waals surface area contributed by atoms with E-state index in [9.17, 15) is 14.4 Å². The fourth-order valence-electron chi connectivity index (χ4n) is 2.68. The highest BCUT2D eigenvalue weighted by Crippen LogP contribution is 2.29. The molecule has 2 atom stereocenters. The summed E-state index contributed by atoms with van der Waals surface area (Å²) in [6.45, 7) is 3.47. The van der Waals surface area contributed by atoms with Crippen molar-refractivity contribution in [1.82, 2.24) is 10.6 Å². The van der Waals surface area contributed by atoms with Crippen LogP contribution in [0.4, 0.5) is 4.79 Å². The molecule has 0 aliphatic carbocycles. The van der Waals surface area contributed by atoms with Crippen LogP contribution in [0.5, 0.6) is 0 Å². The van der Waals surface area contributed by atoms with Crippen molar-refractivity contribution in [2.75, 3.05) is 5.75 Å². The molecule has 6 nitrogen and oxygen atoms in total. The first kappa shape index (κ1) is 19.0. The van der Waals surface area contributed by atoms with Crippen molar-refractivity contribution in [1.29, 1.82) is 0 Å². The lowest BCUT2D eigenvalue weighted by molar-refractivity contribution is -0.122. The first-order valence-electron chi connectivity index (χ1n) is 8.50. The molecule has 140 valence electrons. The highest BCUT2D eigenvalue weighted by Gasteiger charge is 2.42. The lowest BCUT2D eigenvalue weighted by atomic mass is 10.1. The van der Waals surface area contributed by atoms with Gasteiger partial charge in [0.1, 0.15) is 11.6 Å². The lowest BCUT2D eigenvalue weighted by Crippen LogP contribution is -2.46. The fraction of sp³-hybridized carbons (Fsp3) is 0.250. The van der Waals surface area contributed by atoms with Gasteiger partial charge in [-0.2, -0.15) is 0 Å². The second-order valence-corrected chi connectivity index (χ2v) is 7.50.